The third-order valence-corrected chi connectivity index (χ3v) is 2.34. The lowest BCUT2D eigenvalue weighted by atomic mass is 10.1. The van der Waals surface area contributed by atoms with Gasteiger partial charge in [0.1, 0.15) is 0 Å². The molecule has 1 aliphatic carbocycles. The lowest BCUT2D eigenvalue weighted by Gasteiger charge is -2.13. The summed E-state index contributed by atoms with van der Waals surface area (Å²) in [6.07, 6.45) is -2.85. The summed E-state index contributed by atoms with van der Waals surface area (Å²) < 4.78 is 36.1. The van der Waals surface area contributed by atoms with Gasteiger partial charge in [-0.2, -0.15) is 13.2 Å². The topological polar surface area (TPSA) is 26.0 Å². The predicted molar refractivity (Wildman–Crippen MR) is 35.9 cm³/mol. The minimum atomic E-state index is -4.00. The summed E-state index contributed by atoms with van der Waals surface area (Å²) >= 11 is 0. The largest absolute Gasteiger partial charge is 0.391 e. The van der Waals surface area contributed by atoms with Crippen molar-refractivity contribution in [3.8, 4) is 0 Å². The minimum Gasteiger partial charge on any atom is -0.330 e. The van der Waals surface area contributed by atoms with Crippen LogP contribution < -0.4 is 5.73 Å². The molecule has 0 heterocycles. The van der Waals surface area contributed by atoms with E-state index in [0.29, 0.717) is 13.0 Å². The lowest BCUT2D eigenvalue weighted by Crippen LogP contribution is -2.21. The van der Waals surface area contributed by atoms with Crippen molar-refractivity contribution in [2.75, 3.05) is 6.54 Å². The maximum absolute atomic E-state index is 12.0. The second-order valence-electron chi connectivity index (χ2n) is 3.15. The van der Waals surface area contributed by atoms with E-state index in [-0.39, 0.29) is 18.8 Å². The van der Waals surface area contributed by atoms with Crippen LogP contribution in [0, 0.1) is 11.8 Å². The van der Waals surface area contributed by atoms with Crippen LogP contribution in [0.3, 0.4) is 0 Å². The van der Waals surface area contributed by atoms with Gasteiger partial charge in [0.2, 0.25) is 0 Å². The zero-order chi connectivity index (χ0) is 8.48. The molecule has 0 saturated heterocycles. The Morgan fingerprint density at radius 2 is 1.91 bits per heavy atom. The molecule has 0 amide bonds. The summed E-state index contributed by atoms with van der Waals surface area (Å²) in [4.78, 5) is 0. The number of hydrogen-bond donors (Lipinski definition) is 1. The Morgan fingerprint density at radius 3 is 2.18 bits per heavy atom. The fraction of sp³-hybridized carbons (Fsp3) is 1.00. The first-order valence-electron chi connectivity index (χ1n) is 3.81. The Labute approximate surface area is 63.8 Å². The molecule has 0 spiro atoms. The molecule has 0 aromatic heterocycles. The van der Waals surface area contributed by atoms with Gasteiger partial charge in [0.25, 0.3) is 0 Å². The number of hydrogen-bond acceptors (Lipinski definition) is 1. The average molecular weight is 167 g/mol. The molecular weight excluding hydrogens is 155 g/mol. The van der Waals surface area contributed by atoms with Crippen LogP contribution in [-0.2, 0) is 0 Å². The standard InChI is InChI=1S/C7H12F3N/c8-7(9,10)6-2-1-5(3-6)4-11/h5-6H,1-4,11H2. The van der Waals surface area contributed by atoms with Crippen molar-refractivity contribution in [3.05, 3.63) is 0 Å². The summed E-state index contributed by atoms with van der Waals surface area (Å²) in [5.74, 6) is -0.988. The molecule has 0 aliphatic heterocycles. The molecule has 0 bridgehead atoms. The minimum absolute atomic E-state index is 0.0987. The van der Waals surface area contributed by atoms with E-state index < -0.39 is 12.1 Å². The second-order valence-corrected chi connectivity index (χ2v) is 3.15. The molecule has 2 N–H and O–H groups in total. The molecule has 1 fully saturated rings. The van der Waals surface area contributed by atoms with Gasteiger partial charge in [-0.3, -0.25) is 0 Å². The Morgan fingerprint density at radius 1 is 1.27 bits per heavy atom. The molecule has 4 heteroatoms. The van der Waals surface area contributed by atoms with Crippen LogP contribution in [0.5, 0.6) is 0 Å². The number of alkyl halides is 3. The second kappa shape index (κ2) is 3.01. The van der Waals surface area contributed by atoms with Gasteiger partial charge in [-0.05, 0) is 31.7 Å². The van der Waals surface area contributed by atoms with E-state index in [9.17, 15) is 13.2 Å². The maximum Gasteiger partial charge on any atom is 0.391 e. The number of nitrogens with two attached hydrogens (primary N) is 1. The highest BCUT2D eigenvalue weighted by atomic mass is 19.4. The molecular formula is C7H12F3N. The summed E-state index contributed by atoms with van der Waals surface area (Å²) in [6, 6.07) is 0. The highest BCUT2D eigenvalue weighted by Crippen LogP contribution is 2.41. The Bertz CT molecular complexity index is 132. The van der Waals surface area contributed by atoms with Crippen molar-refractivity contribution in [1.29, 1.82) is 0 Å². The van der Waals surface area contributed by atoms with Gasteiger partial charge in [-0.25, -0.2) is 0 Å². The zero-order valence-corrected chi connectivity index (χ0v) is 6.19. The monoisotopic (exact) mass is 167 g/mol. The Kier molecular flexibility index (Phi) is 2.42. The third-order valence-electron chi connectivity index (χ3n) is 2.34. The third kappa shape index (κ3) is 2.09. The predicted octanol–water partition coefficient (Wildman–Crippen LogP) is 1.92. The molecule has 1 aliphatic rings. The van der Waals surface area contributed by atoms with Crippen molar-refractivity contribution in [1.82, 2.24) is 0 Å². The van der Waals surface area contributed by atoms with Gasteiger partial charge in [0, 0.05) is 0 Å². The van der Waals surface area contributed by atoms with Crippen LogP contribution in [0.1, 0.15) is 19.3 Å². The molecule has 1 rings (SSSR count). The molecule has 0 radical (unpaired) electrons. The summed E-state index contributed by atoms with van der Waals surface area (Å²) in [7, 11) is 0. The SMILES string of the molecule is NCC1CCC(C(F)(F)F)C1. The van der Waals surface area contributed by atoms with Gasteiger partial charge in [0.05, 0.1) is 5.92 Å². The first-order valence-corrected chi connectivity index (χ1v) is 3.81. The Balaban J connectivity index is 2.42. The van der Waals surface area contributed by atoms with Gasteiger partial charge in [0.15, 0.2) is 0 Å². The van der Waals surface area contributed by atoms with E-state index in [0.717, 1.165) is 0 Å². The molecule has 11 heavy (non-hydrogen) atoms. The quantitative estimate of drug-likeness (QED) is 0.634. The normalized spacial score (nSPS) is 32.7. The fourth-order valence-corrected chi connectivity index (χ4v) is 1.59. The van der Waals surface area contributed by atoms with Crippen LogP contribution >= 0.6 is 0 Å². The maximum atomic E-state index is 12.0. The van der Waals surface area contributed by atoms with Crippen molar-refractivity contribution >= 4 is 0 Å². The highest BCUT2D eigenvalue weighted by Gasteiger charge is 2.43. The van der Waals surface area contributed by atoms with Crippen molar-refractivity contribution in [2.45, 2.75) is 25.4 Å². The first kappa shape index (κ1) is 8.84. The lowest BCUT2D eigenvalue weighted by molar-refractivity contribution is -0.173. The smallest absolute Gasteiger partial charge is 0.330 e. The average Bonchev–Trinajstić information content (AvgIpc) is 2.32. The van der Waals surface area contributed by atoms with Gasteiger partial charge in [-0.15, -0.1) is 0 Å². The highest BCUT2D eigenvalue weighted by molar-refractivity contribution is 4.80. The van der Waals surface area contributed by atoms with E-state index in [1.165, 1.54) is 0 Å². The summed E-state index contributed by atoms with van der Waals surface area (Å²) in [5.41, 5.74) is 5.27. The first-order chi connectivity index (χ1) is 5.04. The number of halogens is 3. The zero-order valence-electron chi connectivity index (χ0n) is 6.19. The van der Waals surface area contributed by atoms with Crippen LogP contribution in [-0.4, -0.2) is 12.7 Å². The van der Waals surface area contributed by atoms with E-state index >= 15 is 0 Å². The van der Waals surface area contributed by atoms with E-state index in [2.05, 4.69) is 0 Å². The van der Waals surface area contributed by atoms with Crippen molar-refractivity contribution in [3.63, 3.8) is 0 Å². The van der Waals surface area contributed by atoms with Crippen LogP contribution in [0.2, 0.25) is 0 Å². The fourth-order valence-electron chi connectivity index (χ4n) is 1.59. The molecule has 1 nitrogen and oxygen atoms in total. The van der Waals surface area contributed by atoms with Crippen LogP contribution in [0.4, 0.5) is 13.2 Å². The van der Waals surface area contributed by atoms with Gasteiger partial charge < -0.3 is 5.73 Å². The van der Waals surface area contributed by atoms with E-state index in [4.69, 9.17) is 5.73 Å². The van der Waals surface area contributed by atoms with E-state index in [1.54, 1.807) is 0 Å². The van der Waals surface area contributed by atoms with Crippen LogP contribution in [0.15, 0.2) is 0 Å². The molecule has 2 unspecified atom stereocenters. The molecule has 66 valence electrons. The Hall–Kier alpha value is -0.250. The van der Waals surface area contributed by atoms with Gasteiger partial charge in [-0.1, -0.05) is 0 Å². The van der Waals surface area contributed by atoms with Gasteiger partial charge >= 0.3 is 6.18 Å². The molecule has 0 aromatic carbocycles. The summed E-state index contributed by atoms with van der Waals surface area (Å²) in [6.45, 7) is 0.395. The van der Waals surface area contributed by atoms with Crippen molar-refractivity contribution < 1.29 is 13.2 Å². The molecule has 0 aromatic rings. The van der Waals surface area contributed by atoms with E-state index in [1.807, 2.05) is 0 Å². The summed E-state index contributed by atoms with van der Waals surface area (Å²) in [5, 5.41) is 0. The van der Waals surface area contributed by atoms with Crippen LogP contribution in [0.25, 0.3) is 0 Å². The number of rotatable bonds is 1. The molecule has 1 saturated carbocycles. The van der Waals surface area contributed by atoms with Crippen molar-refractivity contribution in [2.24, 2.45) is 17.6 Å². The molecule has 2 atom stereocenters.